The molecule has 0 unspecified atom stereocenters. The van der Waals surface area contributed by atoms with Crippen LogP contribution in [-0.4, -0.2) is 32.7 Å². The number of nitrogens with one attached hydrogen (secondary N) is 2. The highest BCUT2D eigenvalue weighted by Gasteiger charge is 2.04. The highest BCUT2D eigenvalue weighted by molar-refractivity contribution is 5.92. The maximum atomic E-state index is 13.5. The third-order valence-electron chi connectivity index (χ3n) is 3.26. The Morgan fingerprint density at radius 1 is 1.12 bits per heavy atom. The Labute approximate surface area is 152 Å². The van der Waals surface area contributed by atoms with Crippen LogP contribution in [0.1, 0.15) is 5.56 Å². The van der Waals surface area contributed by atoms with E-state index >= 15 is 0 Å². The van der Waals surface area contributed by atoms with E-state index in [1.54, 1.807) is 49.6 Å². The van der Waals surface area contributed by atoms with Crippen LogP contribution in [0, 0.1) is 5.82 Å². The van der Waals surface area contributed by atoms with E-state index in [1.165, 1.54) is 6.07 Å². The number of carbonyl (C=O) groups is 1. The Bertz CT molecular complexity index is 653. The van der Waals surface area contributed by atoms with Gasteiger partial charge in [0, 0.05) is 24.9 Å². The lowest BCUT2D eigenvalue weighted by atomic mass is 10.2. The van der Waals surface area contributed by atoms with Crippen LogP contribution in [0.2, 0.25) is 0 Å². The minimum absolute atomic E-state index is 0. The number of hydrogen-bond acceptors (Lipinski definition) is 4. The number of amides is 1. The average Bonchev–Trinajstić information content (AvgIpc) is 2.59. The van der Waals surface area contributed by atoms with Crippen molar-refractivity contribution in [1.29, 1.82) is 0 Å². The van der Waals surface area contributed by atoms with Crippen LogP contribution in [0.5, 0.6) is 5.75 Å². The fraction of sp³-hybridized carbons (Fsp3) is 0.278. The second kappa shape index (κ2) is 11.4. The molecule has 0 fully saturated rings. The van der Waals surface area contributed by atoms with Crippen LogP contribution in [-0.2, 0) is 16.1 Å². The lowest BCUT2D eigenvalue weighted by Crippen LogP contribution is -2.30. The average molecular weight is 369 g/mol. The van der Waals surface area contributed by atoms with E-state index in [-0.39, 0.29) is 37.3 Å². The van der Waals surface area contributed by atoms with E-state index in [4.69, 9.17) is 9.47 Å². The normalized spacial score (nSPS) is 10.0. The molecule has 2 rings (SSSR count). The molecule has 2 aromatic rings. The first-order chi connectivity index (χ1) is 11.7. The maximum Gasteiger partial charge on any atom is 0.238 e. The van der Waals surface area contributed by atoms with Gasteiger partial charge in [-0.15, -0.1) is 12.4 Å². The summed E-state index contributed by atoms with van der Waals surface area (Å²) >= 11 is 0. The maximum absolute atomic E-state index is 13.5. The molecule has 0 bridgehead atoms. The van der Waals surface area contributed by atoms with Crippen LogP contribution in [0.25, 0.3) is 0 Å². The summed E-state index contributed by atoms with van der Waals surface area (Å²) in [6, 6.07) is 13.4. The first-order valence-corrected chi connectivity index (χ1v) is 7.65. The zero-order valence-electron chi connectivity index (χ0n) is 14.0. The number of hydrogen-bond donors (Lipinski definition) is 2. The summed E-state index contributed by atoms with van der Waals surface area (Å²) in [6.45, 7) is 1.55. The Balaban J connectivity index is 0.00000312. The smallest absolute Gasteiger partial charge is 0.238 e. The summed E-state index contributed by atoms with van der Waals surface area (Å²) in [5.41, 5.74) is 1.17. The molecule has 0 atom stereocenters. The molecule has 7 heteroatoms. The number of carbonyl (C=O) groups excluding carboxylic acids is 1. The molecule has 0 aliphatic rings. The molecule has 5 nitrogen and oxygen atoms in total. The fourth-order valence-corrected chi connectivity index (χ4v) is 1.99. The van der Waals surface area contributed by atoms with E-state index < -0.39 is 0 Å². The molecule has 25 heavy (non-hydrogen) atoms. The Morgan fingerprint density at radius 3 is 2.52 bits per heavy atom. The minimum Gasteiger partial charge on any atom is -0.489 e. The van der Waals surface area contributed by atoms with Crippen LogP contribution < -0.4 is 15.4 Å². The van der Waals surface area contributed by atoms with E-state index in [0.717, 1.165) is 0 Å². The molecule has 0 spiro atoms. The molecule has 0 aliphatic carbocycles. The van der Waals surface area contributed by atoms with Crippen molar-refractivity contribution in [2.45, 2.75) is 6.61 Å². The predicted molar refractivity (Wildman–Crippen MR) is 97.8 cm³/mol. The second-order valence-corrected chi connectivity index (χ2v) is 5.12. The largest absolute Gasteiger partial charge is 0.489 e. The lowest BCUT2D eigenvalue weighted by molar-refractivity contribution is -0.115. The number of halogens is 2. The van der Waals surface area contributed by atoms with Gasteiger partial charge in [0.05, 0.1) is 13.2 Å². The van der Waals surface area contributed by atoms with E-state index in [1.807, 2.05) is 0 Å². The Morgan fingerprint density at radius 2 is 1.84 bits per heavy atom. The van der Waals surface area contributed by atoms with Gasteiger partial charge in [-0.3, -0.25) is 4.79 Å². The Hall–Kier alpha value is -2.15. The molecular weight excluding hydrogens is 347 g/mol. The van der Waals surface area contributed by atoms with Gasteiger partial charge in [-0.2, -0.15) is 0 Å². The van der Waals surface area contributed by atoms with E-state index in [2.05, 4.69) is 10.6 Å². The zero-order chi connectivity index (χ0) is 17.2. The van der Waals surface area contributed by atoms with Gasteiger partial charge in [-0.1, -0.05) is 18.2 Å². The van der Waals surface area contributed by atoms with Crippen molar-refractivity contribution >= 4 is 24.0 Å². The summed E-state index contributed by atoms with van der Waals surface area (Å²) < 4.78 is 23.9. The SMILES string of the molecule is COCCNCC(=O)Nc1ccc(OCc2ccccc2F)cc1.Cl. The highest BCUT2D eigenvalue weighted by Crippen LogP contribution is 2.17. The van der Waals surface area contributed by atoms with Gasteiger partial charge in [-0.05, 0) is 30.3 Å². The minimum atomic E-state index is -0.289. The third-order valence-corrected chi connectivity index (χ3v) is 3.26. The van der Waals surface area contributed by atoms with Gasteiger partial charge in [0.1, 0.15) is 18.2 Å². The predicted octanol–water partition coefficient (Wildman–Crippen LogP) is 3.00. The van der Waals surface area contributed by atoms with Crippen molar-refractivity contribution in [2.24, 2.45) is 0 Å². The molecule has 0 saturated carbocycles. The van der Waals surface area contributed by atoms with Crippen LogP contribution in [0.15, 0.2) is 48.5 Å². The Kier molecular flexibility index (Phi) is 9.54. The van der Waals surface area contributed by atoms with Crippen LogP contribution in [0.4, 0.5) is 10.1 Å². The van der Waals surface area contributed by atoms with E-state index in [0.29, 0.717) is 30.2 Å². The molecule has 136 valence electrons. The first-order valence-electron chi connectivity index (χ1n) is 7.65. The van der Waals surface area contributed by atoms with Gasteiger partial charge in [-0.25, -0.2) is 4.39 Å². The highest BCUT2D eigenvalue weighted by atomic mass is 35.5. The van der Waals surface area contributed by atoms with Crippen molar-refractivity contribution in [3.63, 3.8) is 0 Å². The van der Waals surface area contributed by atoms with Gasteiger partial charge < -0.3 is 20.1 Å². The van der Waals surface area contributed by atoms with Crippen molar-refractivity contribution in [3.8, 4) is 5.75 Å². The number of ether oxygens (including phenoxy) is 2. The first kappa shape index (κ1) is 20.9. The summed E-state index contributed by atoms with van der Waals surface area (Å²) in [6.07, 6.45) is 0. The summed E-state index contributed by atoms with van der Waals surface area (Å²) in [5, 5.41) is 5.74. The number of anilines is 1. The zero-order valence-corrected chi connectivity index (χ0v) is 14.8. The second-order valence-electron chi connectivity index (χ2n) is 5.12. The number of methoxy groups -OCH3 is 1. The number of benzene rings is 2. The molecule has 0 radical (unpaired) electrons. The fourth-order valence-electron chi connectivity index (χ4n) is 1.99. The summed E-state index contributed by atoms with van der Waals surface area (Å²) in [5.74, 6) is 0.183. The van der Waals surface area contributed by atoms with Crippen molar-refractivity contribution in [1.82, 2.24) is 5.32 Å². The molecule has 0 heterocycles. The van der Waals surface area contributed by atoms with Gasteiger partial charge in [0.15, 0.2) is 0 Å². The third kappa shape index (κ3) is 7.51. The molecular formula is C18H22ClFN2O3. The monoisotopic (exact) mass is 368 g/mol. The molecule has 2 aromatic carbocycles. The standard InChI is InChI=1S/C18H21FN2O3.ClH/c1-23-11-10-20-12-18(22)21-15-6-8-16(9-7-15)24-13-14-4-2-3-5-17(14)19;/h2-9,20H,10-13H2,1H3,(H,21,22);1H. The summed E-state index contributed by atoms with van der Waals surface area (Å²) in [7, 11) is 1.61. The molecule has 0 aromatic heterocycles. The topological polar surface area (TPSA) is 59.6 Å². The van der Waals surface area contributed by atoms with Gasteiger partial charge in [0.25, 0.3) is 0 Å². The van der Waals surface area contributed by atoms with Crippen molar-refractivity contribution in [3.05, 3.63) is 59.9 Å². The lowest BCUT2D eigenvalue weighted by Gasteiger charge is -2.09. The molecule has 0 saturated heterocycles. The van der Waals surface area contributed by atoms with Gasteiger partial charge >= 0.3 is 0 Å². The van der Waals surface area contributed by atoms with Crippen molar-refractivity contribution < 1.29 is 18.7 Å². The molecule has 2 N–H and O–H groups in total. The molecule has 0 aliphatic heterocycles. The quantitative estimate of drug-likeness (QED) is 0.668. The summed E-state index contributed by atoms with van der Waals surface area (Å²) in [4.78, 5) is 11.7. The number of rotatable bonds is 9. The van der Waals surface area contributed by atoms with Crippen molar-refractivity contribution in [2.75, 3.05) is 32.1 Å². The van der Waals surface area contributed by atoms with Crippen LogP contribution in [0.3, 0.4) is 0 Å². The van der Waals surface area contributed by atoms with Gasteiger partial charge in [0.2, 0.25) is 5.91 Å². The van der Waals surface area contributed by atoms with E-state index in [9.17, 15) is 9.18 Å². The molecule has 1 amide bonds. The van der Waals surface area contributed by atoms with Crippen LogP contribution >= 0.6 is 12.4 Å².